The van der Waals surface area contributed by atoms with Gasteiger partial charge in [0.25, 0.3) is 0 Å². The molecule has 0 saturated heterocycles. The van der Waals surface area contributed by atoms with Gasteiger partial charge in [0, 0.05) is 17.4 Å². The standard InChI is InChI=1S/C13H17N5/c1-9-8-16-13(15)18-12(9)17-11-5-3-2-4-10(11)6-7-14/h2-5,8H,6-7,14H2,1H3,(H3,15,16,17,18). The van der Waals surface area contributed by atoms with Crippen LogP contribution in [0, 0.1) is 6.92 Å². The highest BCUT2D eigenvalue weighted by Crippen LogP contribution is 2.22. The lowest BCUT2D eigenvalue weighted by Crippen LogP contribution is -2.07. The number of hydrogen-bond donors (Lipinski definition) is 3. The van der Waals surface area contributed by atoms with Gasteiger partial charge in [0.05, 0.1) is 0 Å². The minimum atomic E-state index is 0.263. The molecule has 0 aliphatic carbocycles. The maximum atomic E-state index is 5.60. The molecule has 0 saturated carbocycles. The first-order chi connectivity index (χ1) is 8.70. The molecule has 0 aliphatic heterocycles. The van der Waals surface area contributed by atoms with E-state index in [0.717, 1.165) is 29.1 Å². The molecular formula is C13H17N5. The zero-order valence-electron chi connectivity index (χ0n) is 10.4. The van der Waals surface area contributed by atoms with E-state index in [1.165, 1.54) is 0 Å². The Bertz CT molecular complexity index is 539. The molecule has 94 valence electrons. The van der Waals surface area contributed by atoms with E-state index in [4.69, 9.17) is 11.5 Å². The normalized spacial score (nSPS) is 10.3. The number of nitrogens with two attached hydrogens (primary N) is 2. The van der Waals surface area contributed by atoms with Crippen LogP contribution >= 0.6 is 0 Å². The summed E-state index contributed by atoms with van der Waals surface area (Å²) >= 11 is 0. The molecule has 0 bridgehead atoms. The summed E-state index contributed by atoms with van der Waals surface area (Å²) in [6.45, 7) is 2.55. The van der Waals surface area contributed by atoms with Gasteiger partial charge in [-0.25, -0.2) is 4.98 Å². The average Bonchev–Trinajstić information content (AvgIpc) is 2.36. The van der Waals surface area contributed by atoms with Gasteiger partial charge in [-0.3, -0.25) is 0 Å². The van der Waals surface area contributed by atoms with Crippen molar-refractivity contribution in [2.24, 2.45) is 5.73 Å². The second kappa shape index (κ2) is 5.46. The number of para-hydroxylation sites is 1. The highest BCUT2D eigenvalue weighted by atomic mass is 15.1. The third-order valence-electron chi connectivity index (χ3n) is 2.67. The third kappa shape index (κ3) is 2.75. The van der Waals surface area contributed by atoms with Crippen LogP contribution in [0.25, 0.3) is 0 Å². The van der Waals surface area contributed by atoms with Gasteiger partial charge in [0.1, 0.15) is 5.82 Å². The summed E-state index contributed by atoms with van der Waals surface area (Å²) in [5.41, 5.74) is 14.3. The molecule has 2 rings (SSSR count). The minimum Gasteiger partial charge on any atom is -0.368 e. The SMILES string of the molecule is Cc1cnc(N)nc1Nc1ccccc1CCN. The molecule has 1 aromatic heterocycles. The summed E-state index contributed by atoms with van der Waals surface area (Å²) in [7, 11) is 0. The van der Waals surface area contributed by atoms with Crippen LogP contribution in [0.3, 0.4) is 0 Å². The van der Waals surface area contributed by atoms with E-state index >= 15 is 0 Å². The Morgan fingerprint density at radius 1 is 1.28 bits per heavy atom. The monoisotopic (exact) mass is 243 g/mol. The lowest BCUT2D eigenvalue weighted by atomic mass is 10.1. The Morgan fingerprint density at radius 2 is 2.06 bits per heavy atom. The molecule has 0 atom stereocenters. The van der Waals surface area contributed by atoms with Gasteiger partial charge in [0.15, 0.2) is 0 Å². The van der Waals surface area contributed by atoms with Crippen LogP contribution in [0.4, 0.5) is 17.5 Å². The summed E-state index contributed by atoms with van der Waals surface area (Å²) in [6, 6.07) is 8.03. The third-order valence-corrected chi connectivity index (χ3v) is 2.67. The molecule has 2 aromatic rings. The van der Waals surface area contributed by atoms with Crippen molar-refractivity contribution in [2.75, 3.05) is 17.6 Å². The zero-order chi connectivity index (χ0) is 13.0. The van der Waals surface area contributed by atoms with E-state index in [2.05, 4.69) is 21.4 Å². The fourth-order valence-corrected chi connectivity index (χ4v) is 1.73. The largest absolute Gasteiger partial charge is 0.368 e. The number of hydrogen-bond acceptors (Lipinski definition) is 5. The smallest absolute Gasteiger partial charge is 0.221 e. The Kier molecular flexibility index (Phi) is 3.74. The first-order valence-electron chi connectivity index (χ1n) is 5.85. The molecule has 0 aliphatic rings. The molecule has 0 amide bonds. The topological polar surface area (TPSA) is 89.8 Å². The number of anilines is 3. The van der Waals surface area contributed by atoms with Crippen molar-refractivity contribution in [3.63, 3.8) is 0 Å². The van der Waals surface area contributed by atoms with E-state index in [9.17, 15) is 0 Å². The summed E-state index contributed by atoms with van der Waals surface area (Å²) in [5.74, 6) is 0.992. The van der Waals surface area contributed by atoms with Crippen LogP contribution in [0.5, 0.6) is 0 Å². The average molecular weight is 243 g/mol. The van der Waals surface area contributed by atoms with Crippen LogP contribution in [-0.2, 0) is 6.42 Å². The molecule has 0 spiro atoms. The number of nitrogens with zero attached hydrogens (tertiary/aromatic N) is 2. The van der Waals surface area contributed by atoms with Crippen molar-refractivity contribution in [1.29, 1.82) is 0 Å². The fraction of sp³-hybridized carbons (Fsp3) is 0.231. The van der Waals surface area contributed by atoms with Gasteiger partial charge < -0.3 is 16.8 Å². The molecule has 0 fully saturated rings. The van der Waals surface area contributed by atoms with Crippen LogP contribution in [0.1, 0.15) is 11.1 Å². The molecule has 1 aromatic carbocycles. The van der Waals surface area contributed by atoms with Gasteiger partial charge in [-0.05, 0) is 31.5 Å². The summed E-state index contributed by atoms with van der Waals surface area (Å²) in [4.78, 5) is 8.14. The first-order valence-corrected chi connectivity index (χ1v) is 5.85. The van der Waals surface area contributed by atoms with Gasteiger partial charge in [-0.1, -0.05) is 18.2 Å². The number of nitrogen functional groups attached to an aromatic ring is 1. The molecular weight excluding hydrogens is 226 g/mol. The lowest BCUT2D eigenvalue weighted by molar-refractivity contribution is 0.969. The fourth-order valence-electron chi connectivity index (χ4n) is 1.73. The second-order valence-electron chi connectivity index (χ2n) is 4.08. The van der Waals surface area contributed by atoms with Crippen LogP contribution in [0.15, 0.2) is 30.5 Å². The molecule has 1 heterocycles. The predicted molar refractivity (Wildman–Crippen MR) is 73.7 cm³/mol. The van der Waals surface area contributed by atoms with E-state index in [0.29, 0.717) is 6.54 Å². The van der Waals surface area contributed by atoms with E-state index in [-0.39, 0.29) is 5.95 Å². The predicted octanol–water partition coefficient (Wildman–Crippen LogP) is 1.61. The van der Waals surface area contributed by atoms with Gasteiger partial charge in [-0.15, -0.1) is 0 Å². The number of aryl methyl sites for hydroxylation is 1. The number of nitrogens with one attached hydrogen (secondary N) is 1. The number of benzene rings is 1. The maximum Gasteiger partial charge on any atom is 0.221 e. The van der Waals surface area contributed by atoms with Gasteiger partial charge >= 0.3 is 0 Å². The van der Waals surface area contributed by atoms with Crippen molar-refractivity contribution in [2.45, 2.75) is 13.3 Å². The van der Waals surface area contributed by atoms with Gasteiger partial charge in [0.2, 0.25) is 5.95 Å². The van der Waals surface area contributed by atoms with Crippen molar-refractivity contribution < 1.29 is 0 Å². The number of rotatable bonds is 4. The maximum absolute atomic E-state index is 5.60. The van der Waals surface area contributed by atoms with E-state index < -0.39 is 0 Å². The van der Waals surface area contributed by atoms with Crippen molar-refractivity contribution in [3.8, 4) is 0 Å². The number of aromatic nitrogens is 2. The van der Waals surface area contributed by atoms with Crippen molar-refractivity contribution >= 4 is 17.5 Å². The quantitative estimate of drug-likeness (QED) is 0.759. The Morgan fingerprint density at radius 3 is 2.83 bits per heavy atom. The molecule has 5 N–H and O–H groups in total. The molecule has 18 heavy (non-hydrogen) atoms. The summed E-state index contributed by atoms with van der Waals surface area (Å²) in [5, 5.41) is 3.28. The highest BCUT2D eigenvalue weighted by molar-refractivity contribution is 5.63. The summed E-state index contributed by atoms with van der Waals surface area (Å²) in [6.07, 6.45) is 2.53. The Hall–Kier alpha value is -2.14. The minimum absolute atomic E-state index is 0.263. The summed E-state index contributed by atoms with van der Waals surface area (Å²) < 4.78 is 0. The zero-order valence-corrected chi connectivity index (χ0v) is 10.4. The van der Waals surface area contributed by atoms with Crippen molar-refractivity contribution in [3.05, 3.63) is 41.6 Å². The van der Waals surface area contributed by atoms with Gasteiger partial charge in [-0.2, -0.15) is 4.98 Å². The molecule has 0 radical (unpaired) electrons. The lowest BCUT2D eigenvalue weighted by Gasteiger charge is -2.12. The molecule has 5 heteroatoms. The second-order valence-corrected chi connectivity index (χ2v) is 4.08. The first kappa shape index (κ1) is 12.3. The van der Waals surface area contributed by atoms with Crippen LogP contribution < -0.4 is 16.8 Å². The Balaban J connectivity index is 2.30. The van der Waals surface area contributed by atoms with Crippen molar-refractivity contribution in [1.82, 2.24) is 9.97 Å². The van der Waals surface area contributed by atoms with E-state index in [1.54, 1.807) is 6.20 Å². The molecule has 5 nitrogen and oxygen atoms in total. The van der Waals surface area contributed by atoms with Crippen LogP contribution in [0.2, 0.25) is 0 Å². The van der Waals surface area contributed by atoms with Crippen LogP contribution in [-0.4, -0.2) is 16.5 Å². The van der Waals surface area contributed by atoms with E-state index in [1.807, 2.05) is 25.1 Å². The molecule has 0 unspecified atom stereocenters. The highest BCUT2D eigenvalue weighted by Gasteiger charge is 2.05. The Labute approximate surface area is 106 Å².